The van der Waals surface area contributed by atoms with E-state index in [0.29, 0.717) is 6.42 Å². The van der Waals surface area contributed by atoms with Gasteiger partial charge in [0.1, 0.15) is 5.54 Å². The van der Waals surface area contributed by atoms with E-state index in [2.05, 4.69) is 0 Å². The van der Waals surface area contributed by atoms with E-state index in [-0.39, 0.29) is 17.9 Å². The number of hydrogen-bond acceptors (Lipinski definition) is 3. The molecule has 1 saturated carbocycles. The van der Waals surface area contributed by atoms with Crippen molar-refractivity contribution in [2.75, 3.05) is 7.05 Å². The molecule has 3 N–H and O–H groups in total. The highest BCUT2D eigenvalue weighted by Crippen LogP contribution is 2.27. The maximum atomic E-state index is 12.2. The Morgan fingerprint density at radius 3 is 2.41 bits per heavy atom. The molecule has 1 aliphatic rings. The minimum atomic E-state index is -1.17. The normalized spacial score (nSPS) is 25.4. The van der Waals surface area contributed by atoms with Gasteiger partial charge in [-0.1, -0.05) is 6.42 Å². The Morgan fingerprint density at radius 2 is 1.94 bits per heavy atom. The molecule has 5 nitrogen and oxygen atoms in total. The molecule has 1 rings (SSSR count). The van der Waals surface area contributed by atoms with Crippen LogP contribution in [0.15, 0.2) is 0 Å². The van der Waals surface area contributed by atoms with Crippen LogP contribution in [0.1, 0.15) is 39.5 Å². The number of aliphatic carboxylic acids is 1. The van der Waals surface area contributed by atoms with Gasteiger partial charge in [-0.3, -0.25) is 4.79 Å². The highest BCUT2D eigenvalue weighted by molar-refractivity contribution is 5.87. The topological polar surface area (TPSA) is 83.6 Å². The van der Waals surface area contributed by atoms with E-state index in [9.17, 15) is 9.59 Å². The molecule has 0 aliphatic heterocycles. The summed E-state index contributed by atoms with van der Waals surface area (Å²) < 4.78 is 0. The summed E-state index contributed by atoms with van der Waals surface area (Å²) in [6.45, 7) is 3.08. The van der Waals surface area contributed by atoms with E-state index < -0.39 is 11.5 Å². The van der Waals surface area contributed by atoms with Gasteiger partial charge in [0.2, 0.25) is 5.91 Å². The molecule has 0 aromatic carbocycles. The molecule has 5 heteroatoms. The van der Waals surface area contributed by atoms with Gasteiger partial charge < -0.3 is 15.7 Å². The van der Waals surface area contributed by atoms with Gasteiger partial charge in [0.15, 0.2) is 0 Å². The third kappa shape index (κ3) is 2.97. The Morgan fingerprint density at radius 1 is 1.35 bits per heavy atom. The summed E-state index contributed by atoms with van der Waals surface area (Å²) in [5, 5.41) is 9.09. The van der Waals surface area contributed by atoms with Crippen LogP contribution in [0.25, 0.3) is 0 Å². The molecular weight excluding hydrogens is 220 g/mol. The Labute approximate surface area is 102 Å². The fourth-order valence-electron chi connectivity index (χ4n) is 2.14. The molecule has 2 atom stereocenters. The average Bonchev–Trinajstić information content (AvgIpc) is 2.26. The maximum absolute atomic E-state index is 12.2. The van der Waals surface area contributed by atoms with Crippen molar-refractivity contribution >= 4 is 11.9 Å². The van der Waals surface area contributed by atoms with Gasteiger partial charge in [0.25, 0.3) is 0 Å². The van der Waals surface area contributed by atoms with Crippen LogP contribution in [-0.2, 0) is 9.59 Å². The number of likely N-dealkylation sites (N-methyl/N-ethyl adjacent to an activating group) is 1. The van der Waals surface area contributed by atoms with Crippen LogP contribution in [0.4, 0.5) is 0 Å². The van der Waals surface area contributed by atoms with Crippen molar-refractivity contribution in [3.8, 4) is 0 Å². The van der Waals surface area contributed by atoms with Crippen molar-refractivity contribution in [2.24, 2.45) is 11.7 Å². The third-order valence-corrected chi connectivity index (χ3v) is 3.76. The van der Waals surface area contributed by atoms with Crippen LogP contribution < -0.4 is 5.73 Å². The molecule has 98 valence electrons. The second-order valence-electron chi connectivity index (χ2n) is 5.39. The molecule has 1 aliphatic carbocycles. The predicted molar refractivity (Wildman–Crippen MR) is 64.4 cm³/mol. The van der Waals surface area contributed by atoms with Gasteiger partial charge in [-0.2, -0.15) is 0 Å². The molecule has 0 heterocycles. The van der Waals surface area contributed by atoms with Crippen molar-refractivity contribution in [3.63, 3.8) is 0 Å². The van der Waals surface area contributed by atoms with E-state index in [0.717, 1.165) is 19.3 Å². The minimum Gasteiger partial charge on any atom is -0.480 e. The van der Waals surface area contributed by atoms with Gasteiger partial charge >= 0.3 is 5.97 Å². The molecule has 0 aromatic rings. The maximum Gasteiger partial charge on any atom is 0.329 e. The van der Waals surface area contributed by atoms with Gasteiger partial charge in [-0.25, -0.2) is 4.79 Å². The van der Waals surface area contributed by atoms with Crippen LogP contribution in [0, 0.1) is 5.92 Å². The van der Waals surface area contributed by atoms with E-state index >= 15 is 0 Å². The highest BCUT2D eigenvalue weighted by atomic mass is 16.4. The summed E-state index contributed by atoms with van der Waals surface area (Å²) in [4.78, 5) is 24.6. The van der Waals surface area contributed by atoms with Crippen molar-refractivity contribution in [1.82, 2.24) is 4.90 Å². The van der Waals surface area contributed by atoms with Crippen molar-refractivity contribution in [2.45, 2.75) is 51.1 Å². The summed E-state index contributed by atoms with van der Waals surface area (Å²) in [7, 11) is 1.55. The summed E-state index contributed by atoms with van der Waals surface area (Å²) in [5.74, 6) is -1.22. The molecule has 2 unspecified atom stereocenters. The number of nitrogens with two attached hydrogens (primary N) is 1. The third-order valence-electron chi connectivity index (χ3n) is 3.76. The number of carbonyl (C=O) groups is 2. The summed E-state index contributed by atoms with van der Waals surface area (Å²) in [6, 6.07) is 0.0686. The first-order valence-corrected chi connectivity index (χ1v) is 6.03. The molecule has 0 radical (unpaired) electrons. The summed E-state index contributed by atoms with van der Waals surface area (Å²) >= 11 is 0. The number of nitrogens with zero attached hydrogens (tertiary/aromatic N) is 1. The van der Waals surface area contributed by atoms with E-state index in [1.807, 2.05) is 0 Å². The fraction of sp³-hybridized carbons (Fsp3) is 0.833. The van der Waals surface area contributed by atoms with Gasteiger partial charge in [0, 0.05) is 19.0 Å². The largest absolute Gasteiger partial charge is 0.480 e. The minimum absolute atomic E-state index is 0.0686. The Hall–Kier alpha value is -1.10. The highest BCUT2D eigenvalue weighted by Gasteiger charge is 2.38. The quantitative estimate of drug-likeness (QED) is 0.767. The van der Waals surface area contributed by atoms with E-state index in [4.69, 9.17) is 10.8 Å². The van der Waals surface area contributed by atoms with Crippen LogP contribution >= 0.6 is 0 Å². The van der Waals surface area contributed by atoms with Gasteiger partial charge in [0.05, 0.1) is 0 Å². The SMILES string of the molecule is CN(C(=O)C1CCCC(N)C1)C(C)(C)C(=O)O. The number of carboxylic acid groups (broad SMARTS) is 1. The lowest BCUT2D eigenvalue weighted by atomic mass is 9.84. The zero-order chi connectivity index (χ0) is 13.2. The lowest BCUT2D eigenvalue weighted by molar-refractivity contribution is -0.157. The average molecular weight is 242 g/mol. The lowest BCUT2D eigenvalue weighted by Gasteiger charge is -2.36. The summed E-state index contributed by atoms with van der Waals surface area (Å²) in [6.07, 6.45) is 3.38. The molecule has 1 amide bonds. The van der Waals surface area contributed by atoms with E-state index in [1.165, 1.54) is 18.7 Å². The fourth-order valence-corrected chi connectivity index (χ4v) is 2.14. The van der Waals surface area contributed by atoms with Crippen molar-refractivity contribution in [3.05, 3.63) is 0 Å². The lowest BCUT2D eigenvalue weighted by Crippen LogP contribution is -2.53. The number of amides is 1. The first-order valence-electron chi connectivity index (χ1n) is 6.03. The Bertz CT molecular complexity index is 315. The summed E-state index contributed by atoms with van der Waals surface area (Å²) in [5.41, 5.74) is 4.68. The Kier molecular flexibility index (Phi) is 4.14. The Balaban J connectivity index is 2.72. The zero-order valence-electron chi connectivity index (χ0n) is 10.8. The molecule has 0 saturated heterocycles. The number of rotatable bonds is 3. The second-order valence-corrected chi connectivity index (χ2v) is 5.39. The van der Waals surface area contributed by atoms with Crippen LogP contribution in [-0.4, -0.2) is 40.5 Å². The molecule has 1 fully saturated rings. The van der Waals surface area contributed by atoms with Crippen molar-refractivity contribution < 1.29 is 14.7 Å². The van der Waals surface area contributed by atoms with E-state index in [1.54, 1.807) is 7.05 Å². The predicted octanol–water partition coefficient (Wildman–Crippen LogP) is 0.825. The first kappa shape index (κ1) is 14.0. The van der Waals surface area contributed by atoms with Gasteiger partial charge in [-0.15, -0.1) is 0 Å². The molecule has 0 bridgehead atoms. The number of carboxylic acids is 1. The standard InChI is InChI=1S/C12H22N2O3/c1-12(2,11(16)17)14(3)10(15)8-5-4-6-9(13)7-8/h8-9H,4-7,13H2,1-3H3,(H,16,17). The van der Waals surface area contributed by atoms with Crippen molar-refractivity contribution in [1.29, 1.82) is 0 Å². The van der Waals surface area contributed by atoms with Crippen LogP contribution in [0.3, 0.4) is 0 Å². The molecular formula is C12H22N2O3. The molecule has 0 spiro atoms. The van der Waals surface area contributed by atoms with Crippen LogP contribution in [0.5, 0.6) is 0 Å². The second kappa shape index (κ2) is 5.04. The van der Waals surface area contributed by atoms with Gasteiger partial charge in [-0.05, 0) is 33.1 Å². The smallest absolute Gasteiger partial charge is 0.329 e. The number of carbonyl (C=O) groups excluding carboxylic acids is 1. The zero-order valence-corrected chi connectivity index (χ0v) is 10.8. The monoisotopic (exact) mass is 242 g/mol. The first-order chi connectivity index (χ1) is 7.76. The number of hydrogen-bond donors (Lipinski definition) is 2. The molecule has 17 heavy (non-hydrogen) atoms. The van der Waals surface area contributed by atoms with Crippen LogP contribution in [0.2, 0.25) is 0 Å². The molecule has 0 aromatic heterocycles.